The van der Waals surface area contributed by atoms with E-state index in [2.05, 4.69) is 10.6 Å². The maximum absolute atomic E-state index is 14.9. The lowest BCUT2D eigenvalue weighted by Gasteiger charge is -2.34. The molecule has 4 rings (SSSR count). The molecule has 0 aliphatic heterocycles. The summed E-state index contributed by atoms with van der Waals surface area (Å²) in [5.74, 6) is -1.81. The molecule has 1 aromatic rings. The molecule has 3 N–H and O–H groups in total. The zero-order valence-corrected chi connectivity index (χ0v) is 22.4. The Morgan fingerprint density at radius 3 is 2.30 bits per heavy atom. The first-order valence-electron chi connectivity index (χ1n) is 13.2. The van der Waals surface area contributed by atoms with Gasteiger partial charge in [-0.05, 0) is 90.5 Å². The third kappa shape index (κ3) is 5.70. The van der Waals surface area contributed by atoms with E-state index in [1.807, 2.05) is 20.8 Å². The van der Waals surface area contributed by atoms with E-state index < -0.39 is 23.1 Å². The van der Waals surface area contributed by atoms with Gasteiger partial charge in [-0.15, -0.1) is 0 Å². The number of carbonyl (C=O) groups excluding carboxylic acids is 2. The fraction of sp³-hybridized carbons (Fsp3) is 0.679. The van der Waals surface area contributed by atoms with E-state index in [1.54, 1.807) is 6.92 Å². The molecule has 3 saturated carbocycles. The minimum atomic E-state index is -0.837. The summed E-state index contributed by atoms with van der Waals surface area (Å²) in [4.78, 5) is 38.1. The minimum Gasteiger partial charge on any atom is -0.496 e. The highest BCUT2D eigenvalue weighted by atomic mass is 19.1. The smallest absolute Gasteiger partial charge is 0.309 e. The zero-order valence-electron chi connectivity index (χ0n) is 22.4. The van der Waals surface area contributed by atoms with Gasteiger partial charge in [0.2, 0.25) is 5.91 Å². The number of aliphatic carboxylic acids is 1. The summed E-state index contributed by atoms with van der Waals surface area (Å²) in [6.45, 7) is 7.52. The molecule has 0 saturated heterocycles. The summed E-state index contributed by atoms with van der Waals surface area (Å²) < 4.78 is 26.1. The Kier molecular flexibility index (Phi) is 7.45. The van der Waals surface area contributed by atoms with Crippen LogP contribution in [0.15, 0.2) is 12.1 Å². The molecule has 0 radical (unpaired) electrons. The molecule has 2 bridgehead atoms. The molecular weight excluding hydrogens is 479 g/mol. The number of methoxy groups -OCH3 is 1. The van der Waals surface area contributed by atoms with Crippen molar-refractivity contribution < 1.29 is 33.4 Å². The summed E-state index contributed by atoms with van der Waals surface area (Å²) >= 11 is 0. The van der Waals surface area contributed by atoms with Crippen LogP contribution in [0.5, 0.6) is 11.5 Å². The van der Waals surface area contributed by atoms with Gasteiger partial charge < -0.3 is 25.2 Å². The number of carboxylic acids is 1. The van der Waals surface area contributed by atoms with E-state index in [4.69, 9.17) is 9.47 Å². The van der Waals surface area contributed by atoms with E-state index >= 15 is 0 Å². The lowest BCUT2D eigenvalue weighted by molar-refractivity contribution is -0.150. The molecule has 0 spiro atoms. The van der Waals surface area contributed by atoms with Crippen LogP contribution in [0.1, 0.15) is 83.0 Å². The fourth-order valence-electron chi connectivity index (χ4n) is 6.27. The molecular formula is C28H39FN2O6. The lowest BCUT2D eigenvalue weighted by atomic mass is 9.75. The number of carbonyl (C=O) groups is 3. The van der Waals surface area contributed by atoms with E-state index in [0.717, 1.165) is 25.3 Å². The molecule has 4 atom stereocenters. The van der Waals surface area contributed by atoms with Crippen LogP contribution in [-0.2, 0) is 9.59 Å². The van der Waals surface area contributed by atoms with Crippen molar-refractivity contribution in [2.75, 3.05) is 7.11 Å². The molecule has 9 heteroatoms. The monoisotopic (exact) mass is 518 g/mol. The number of benzene rings is 1. The second-order valence-corrected chi connectivity index (χ2v) is 12.3. The molecule has 204 valence electrons. The SMILES string of the molecule is COc1cc(F)c(OC2CCC(C)(C(=O)O)CC2)cc1C(=O)NC1C2CCC(C2)C1C(=O)NC(C)(C)C. The zero-order chi connectivity index (χ0) is 27.1. The normalized spacial score (nSPS) is 31.0. The van der Waals surface area contributed by atoms with Gasteiger partial charge in [-0.2, -0.15) is 0 Å². The van der Waals surface area contributed by atoms with Crippen LogP contribution in [-0.4, -0.2) is 47.7 Å². The van der Waals surface area contributed by atoms with Crippen LogP contribution in [0.3, 0.4) is 0 Å². The quantitative estimate of drug-likeness (QED) is 0.496. The number of fused-ring (bicyclic) bond motifs is 2. The molecule has 3 aliphatic rings. The average molecular weight is 519 g/mol. The Morgan fingerprint density at radius 1 is 1.05 bits per heavy atom. The Labute approximate surface area is 217 Å². The van der Waals surface area contributed by atoms with Gasteiger partial charge in [-0.3, -0.25) is 14.4 Å². The fourth-order valence-corrected chi connectivity index (χ4v) is 6.27. The molecule has 2 amide bonds. The Bertz CT molecular complexity index is 1060. The van der Waals surface area contributed by atoms with Gasteiger partial charge in [-0.1, -0.05) is 0 Å². The van der Waals surface area contributed by atoms with Crippen LogP contribution in [0.25, 0.3) is 0 Å². The second-order valence-electron chi connectivity index (χ2n) is 12.3. The first kappa shape index (κ1) is 27.2. The highest BCUT2D eigenvalue weighted by molar-refractivity contribution is 5.98. The van der Waals surface area contributed by atoms with Crippen LogP contribution in [0.4, 0.5) is 4.39 Å². The molecule has 3 aliphatic carbocycles. The van der Waals surface area contributed by atoms with Crippen molar-refractivity contribution in [3.8, 4) is 11.5 Å². The number of carboxylic acid groups (broad SMARTS) is 1. The number of hydrogen-bond acceptors (Lipinski definition) is 5. The number of halogens is 1. The maximum Gasteiger partial charge on any atom is 0.309 e. The molecule has 8 nitrogen and oxygen atoms in total. The topological polar surface area (TPSA) is 114 Å². The van der Waals surface area contributed by atoms with Gasteiger partial charge >= 0.3 is 5.97 Å². The number of amides is 2. The molecule has 3 fully saturated rings. The molecule has 0 heterocycles. The average Bonchev–Trinajstić information content (AvgIpc) is 3.42. The Balaban J connectivity index is 1.51. The van der Waals surface area contributed by atoms with Gasteiger partial charge in [0.1, 0.15) is 5.75 Å². The van der Waals surface area contributed by atoms with E-state index in [9.17, 15) is 23.9 Å². The first-order chi connectivity index (χ1) is 17.3. The molecule has 37 heavy (non-hydrogen) atoms. The van der Waals surface area contributed by atoms with E-state index in [-0.39, 0.29) is 58.4 Å². The van der Waals surface area contributed by atoms with Crippen molar-refractivity contribution in [1.29, 1.82) is 0 Å². The Hall–Kier alpha value is -2.84. The van der Waals surface area contributed by atoms with Gasteiger partial charge in [0.05, 0.1) is 30.1 Å². The van der Waals surface area contributed by atoms with Crippen LogP contribution < -0.4 is 20.1 Å². The number of hydrogen-bond donors (Lipinski definition) is 3. The largest absolute Gasteiger partial charge is 0.496 e. The van der Waals surface area contributed by atoms with Crippen molar-refractivity contribution in [3.05, 3.63) is 23.5 Å². The highest BCUT2D eigenvalue weighted by Crippen LogP contribution is 2.49. The molecule has 0 aromatic heterocycles. The summed E-state index contributed by atoms with van der Waals surface area (Å²) in [5, 5.41) is 15.6. The van der Waals surface area contributed by atoms with Gasteiger partial charge in [0.25, 0.3) is 5.91 Å². The minimum absolute atomic E-state index is 0.0502. The standard InChI is InChI=1S/C28H39FN2O6/c1-27(2,3)31-25(33)22-15-6-7-16(12-15)23(22)30-24(32)18-13-21(19(29)14-20(18)36-5)37-17-8-10-28(4,11-9-17)26(34)35/h13-17,22-23H,6-12H2,1-5H3,(H,30,32)(H,31,33)(H,34,35). The summed E-state index contributed by atoms with van der Waals surface area (Å²) in [7, 11) is 1.37. The van der Waals surface area contributed by atoms with Gasteiger partial charge in [-0.25, -0.2) is 4.39 Å². The van der Waals surface area contributed by atoms with Crippen LogP contribution >= 0.6 is 0 Å². The van der Waals surface area contributed by atoms with Crippen molar-refractivity contribution in [1.82, 2.24) is 10.6 Å². The van der Waals surface area contributed by atoms with Crippen LogP contribution in [0.2, 0.25) is 0 Å². The third-order valence-corrected chi connectivity index (χ3v) is 8.36. The van der Waals surface area contributed by atoms with Crippen molar-refractivity contribution in [2.45, 2.75) is 90.3 Å². The molecule has 4 unspecified atom stereocenters. The van der Waals surface area contributed by atoms with Gasteiger partial charge in [0.15, 0.2) is 11.6 Å². The predicted molar refractivity (Wildman–Crippen MR) is 135 cm³/mol. The van der Waals surface area contributed by atoms with E-state index in [1.165, 1.54) is 13.2 Å². The predicted octanol–water partition coefficient (Wildman–Crippen LogP) is 4.31. The van der Waals surface area contributed by atoms with Gasteiger partial charge in [0, 0.05) is 17.6 Å². The lowest BCUT2D eigenvalue weighted by Crippen LogP contribution is -2.53. The van der Waals surface area contributed by atoms with Crippen LogP contribution in [0, 0.1) is 29.0 Å². The number of ether oxygens (including phenoxy) is 2. The molecule has 1 aromatic carbocycles. The highest BCUT2D eigenvalue weighted by Gasteiger charge is 2.52. The van der Waals surface area contributed by atoms with Crippen molar-refractivity contribution >= 4 is 17.8 Å². The summed E-state index contributed by atoms with van der Waals surface area (Å²) in [5.41, 5.74) is -1.04. The summed E-state index contributed by atoms with van der Waals surface area (Å²) in [6.07, 6.45) is 4.30. The second kappa shape index (κ2) is 10.1. The summed E-state index contributed by atoms with van der Waals surface area (Å²) in [6, 6.07) is 2.19. The van der Waals surface area contributed by atoms with Crippen molar-refractivity contribution in [3.63, 3.8) is 0 Å². The van der Waals surface area contributed by atoms with Crippen molar-refractivity contribution in [2.24, 2.45) is 23.2 Å². The maximum atomic E-state index is 14.9. The first-order valence-corrected chi connectivity index (χ1v) is 13.2. The number of rotatable bonds is 7. The Morgan fingerprint density at radius 2 is 1.70 bits per heavy atom. The third-order valence-electron chi connectivity index (χ3n) is 8.36. The van der Waals surface area contributed by atoms with E-state index in [0.29, 0.717) is 25.7 Å². The number of nitrogens with one attached hydrogen (secondary N) is 2.